The average molecular weight is 288 g/mol. The van der Waals surface area contributed by atoms with E-state index in [1.807, 2.05) is 12.1 Å². The van der Waals surface area contributed by atoms with Gasteiger partial charge in [0, 0.05) is 11.6 Å². The van der Waals surface area contributed by atoms with Gasteiger partial charge in [0.25, 0.3) is 0 Å². The summed E-state index contributed by atoms with van der Waals surface area (Å²) in [5.41, 5.74) is 2.65. The van der Waals surface area contributed by atoms with Crippen molar-refractivity contribution >= 4 is 11.6 Å². The summed E-state index contributed by atoms with van der Waals surface area (Å²) in [4.78, 5) is 0. The summed E-state index contributed by atoms with van der Waals surface area (Å²) < 4.78 is 0. The Morgan fingerprint density at radius 3 is 2.40 bits per heavy atom. The van der Waals surface area contributed by atoms with Crippen molar-refractivity contribution in [3.63, 3.8) is 0 Å². The van der Waals surface area contributed by atoms with Crippen LogP contribution in [0.4, 0.5) is 0 Å². The van der Waals surface area contributed by atoms with E-state index < -0.39 is 0 Å². The number of benzene rings is 2. The third kappa shape index (κ3) is 4.36. The Bertz CT molecular complexity index is 510. The van der Waals surface area contributed by atoms with Gasteiger partial charge in [-0.15, -0.1) is 0 Å². The quantitative estimate of drug-likeness (QED) is 0.780. The molecule has 2 aromatic carbocycles. The first kappa shape index (κ1) is 15.1. The molecular weight excluding hydrogens is 266 g/mol. The normalized spacial score (nSPS) is 12.3. The Morgan fingerprint density at radius 2 is 1.70 bits per heavy atom. The smallest absolute Gasteiger partial charge is 0.0437 e. The molecule has 2 rings (SSSR count). The largest absolute Gasteiger partial charge is 0.316 e. The maximum Gasteiger partial charge on any atom is 0.0437 e. The zero-order valence-corrected chi connectivity index (χ0v) is 12.7. The van der Waals surface area contributed by atoms with E-state index in [0.717, 1.165) is 31.0 Å². The predicted octanol–water partition coefficient (Wildman–Crippen LogP) is 4.67. The Morgan fingerprint density at radius 1 is 1.00 bits per heavy atom. The third-order valence-electron chi connectivity index (χ3n) is 3.63. The van der Waals surface area contributed by atoms with E-state index in [4.69, 9.17) is 11.6 Å². The van der Waals surface area contributed by atoms with Gasteiger partial charge in [-0.2, -0.15) is 0 Å². The molecule has 1 unspecified atom stereocenters. The lowest BCUT2D eigenvalue weighted by Gasteiger charge is -2.18. The maximum absolute atomic E-state index is 6.24. The van der Waals surface area contributed by atoms with Crippen molar-refractivity contribution in [3.8, 4) is 0 Å². The number of rotatable bonds is 7. The Labute approximate surface area is 127 Å². The predicted molar refractivity (Wildman–Crippen MR) is 87.5 cm³/mol. The molecule has 2 heteroatoms. The summed E-state index contributed by atoms with van der Waals surface area (Å²) in [5, 5.41) is 4.34. The van der Waals surface area contributed by atoms with Gasteiger partial charge in [0.05, 0.1) is 0 Å². The molecule has 0 saturated carbocycles. The van der Waals surface area contributed by atoms with Crippen molar-refractivity contribution in [2.75, 3.05) is 13.1 Å². The van der Waals surface area contributed by atoms with Crippen LogP contribution in [0.15, 0.2) is 54.6 Å². The van der Waals surface area contributed by atoms with Gasteiger partial charge in [0.2, 0.25) is 0 Å². The number of nitrogens with one attached hydrogen (secondary N) is 1. The summed E-state index contributed by atoms with van der Waals surface area (Å²) in [7, 11) is 0. The monoisotopic (exact) mass is 287 g/mol. The second-order valence-corrected chi connectivity index (χ2v) is 5.45. The van der Waals surface area contributed by atoms with Gasteiger partial charge in [-0.25, -0.2) is 0 Å². The molecule has 106 valence electrons. The highest BCUT2D eigenvalue weighted by Crippen LogP contribution is 2.24. The van der Waals surface area contributed by atoms with E-state index in [1.165, 1.54) is 11.1 Å². The van der Waals surface area contributed by atoms with Crippen LogP contribution in [0.1, 0.15) is 30.4 Å². The van der Waals surface area contributed by atoms with E-state index in [0.29, 0.717) is 5.92 Å². The maximum atomic E-state index is 6.24. The topological polar surface area (TPSA) is 12.0 Å². The fourth-order valence-corrected chi connectivity index (χ4v) is 2.69. The number of hydrogen-bond acceptors (Lipinski definition) is 1. The second kappa shape index (κ2) is 8.08. The molecule has 0 saturated heterocycles. The molecule has 1 atom stereocenters. The van der Waals surface area contributed by atoms with E-state index >= 15 is 0 Å². The molecule has 0 radical (unpaired) electrons. The molecule has 0 bridgehead atoms. The molecule has 20 heavy (non-hydrogen) atoms. The molecule has 0 aliphatic rings. The highest BCUT2D eigenvalue weighted by atomic mass is 35.5. The number of likely N-dealkylation sites (N-methyl/N-ethyl adjacent to an activating group) is 1. The summed E-state index contributed by atoms with van der Waals surface area (Å²) in [6.07, 6.45) is 2.13. The molecule has 0 aliphatic heterocycles. The van der Waals surface area contributed by atoms with Crippen LogP contribution in [0.25, 0.3) is 0 Å². The summed E-state index contributed by atoms with van der Waals surface area (Å²) >= 11 is 6.24. The van der Waals surface area contributed by atoms with Crippen LogP contribution in [-0.2, 0) is 6.42 Å². The Kier molecular flexibility index (Phi) is 6.10. The minimum atomic E-state index is 0.535. The van der Waals surface area contributed by atoms with Crippen molar-refractivity contribution < 1.29 is 0 Å². The highest BCUT2D eigenvalue weighted by Gasteiger charge is 2.11. The summed E-state index contributed by atoms with van der Waals surface area (Å²) in [6, 6.07) is 18.9. The molecular formula is C18H22ClN. The van der Waals surface area contributed by atoms with Crippen molar-refractivity contribution in [1.29, 1.82) is 0 Å². The minimum Gasteiger partial charge on any atom is -0.316 e. The van der Waals surface area contributed by atoms with Gasteiger partial charge in [-0.1, -0.05) is 67.1 Å². The Hall–Kier alpha value is -1.31. The average Bonchev–Trinajstić information content (AvgIpc) is 2.50. The van der Waals surface area contributed by atoms with Crippen LogP contribution < -0.4 is 5.32 Å². The van der Waals surface area contributed by atoms with E-state index in [-0.39, 0.29) is 0 Å². The van der Waals surface area contributed by atoms with Crippen LogP contribution in [-0.4, -0.2) is 13.1 Å². The van der Waals surface area contributed by atoms with E-state index in [2.05, 4.69) is 54.7 Å². The van der Waals surface area contributed by atoms with Crippen molar-refractivity contribution in [2.45, 2.75) is 25.7 Å². The van der Waals surface area contributed by atoms with Crippen LogP contribution in [0.2, 0.25) is 5.02 Å². The van der Waals surface area contributed by atoms with Gasteiger partial charge in [0.15, 0.2) is 0 Å². The molecule has 0 amide bonds. The first-order valence-electron chi connectivity index (χ1n) is 7.30. The first-order valence-corrected chi connectivity index (χ1v) is 7.68. The van der Waals surface area contributed by atoms with Crippen LogP contribution in [0, 0.1) is 0 Å². The summed E-state index contributed by atoms with van der Waals surface area (Å²) in [6.45, 7) is 4.18. The van der Waals surface area contributed by atoms with Crippen LogP contribution in [0.5, 0.6) is 0 Å². The summed E-state index contributed by atoms with van der Waals surface area (Å²) in [5.74, 6) is 0.535. The lowest BCUT2D eigenvalue weighted by molar-refractivity contribution is 0.562. The van der Waals surface area contributed by atoms with Gasteiger partial charge in [-0.05, 0) is 42.5 Å². The van der Waals surface area contributed by atoms with E-state index in [9.17, 15) is 0 Å². The molecule has 0 aromatic heterocycles. The molecule has 1 N–H and O–H groups in total. The van der Waals surface area contributed by atoms with Crippen molar-refractivity contribution in [3.05, 3.63) is 70.7 Å². The van der Waals surface area contributed by atoms with Gasteiger partial charge < -0.3 is 5.32 Å². The zero-order chi connectivity index (χ0) is 14.2. The molecule has 0 fully saturated rings. The van der Waals surface area contributed by atoms with Crippen molar-refractivity contribution in [1.82, 2.24) is 5.32 Å². The molecule has 0 aliphatic carbocycles. The number of hydrogen-bond donors (Lipinski definition) is 1. The number of aryl methyl sites for hydroxylation is 1. The molecule has 2 aromatic rings. The fourth-order valence-electron chi connectivity index (χ4n) is 2.46. The lowest BCUT2D eigenvalue weighted by atomic mass is 9.92. The Balaban J connectivity index is 2.03. The lowest BCUT2D eigenvalue weighted by Crippen LogP contribution is -2.21. The third-order valence-corrected chi connectivity index (χ3v) is 4.00. The minimum absolute atomic E-state index is 0.535. The van der Waals surface area contributed by atoms with Gasteiger partial charge in [-0.3, -0.25) is 0 Å². The van der Waals surface area contributed by atoms with Crippen molar-refractivity contribution in [2.24, 2.45) is 0 Å². The fraction of sp³-hybridized carbons (Fsp3) is 0.333. The van der Waals surface area contributed by atoms with Crippen LogP contribution in [0.3, 0.4) is 0 Å². The molecule has 0 spiro atoms. The molecule has 1 nitrogen and oxygen atoms in total. The zero-order valence-electron chi connectivity index (χ0n) is 12.0. The van der Waals surface area contributed by atoms with Crippen LogP contribution >= 0.6 is 11.6 Å². The van der Waals surface area contributed by atoms with Gasteiger partial charge >= 0.3 is 0 Å². The SMILES string of the molecule is CCNCC(CCc1ccccc1Cl)c1ccccc1. The standard InChI is InChI=1S/C18H22ClN/c1-2-20-14-17(15-8-4-3-5-9-15)13-12-16-10-6-7-11-18(16)19/h3-11,17,20H,2,12-14H2,1H3. The first-order chi connectivity index (χ1) is 9.81. The molecule has 0 heterocycles. The number of halogens is 1. The van der Waals surface area contributed by atoms with E-state index in [1.54, 1.807) is 0 Å². The second-order valence-electron chi connectivity index (χ2n) is 5.05. The highest BCUT2D eigenvalue weighted by molar-refractivity contribution is 6.31. The van der Waals surface area contributed by atoms with Gasteiger partial charge in [0.1, 0.15) is 0 Å².